The third-order valence-corrected chi connectivity index (χ3v) is 6.72. The summed E-state index contributed by atoms with van der Waals surface area (Å²) in [5.41, 5.74) is 2.82. The van der Waals surface area contributed by atoms with E-state index in [9.17, 15) is 9.59 Å². The van der Waals surface area contributed by atoms with Gasteiger partial charge in [-0.25, -0.2) is 9.78 Å². The molecule has 2 amide bonds. The van der Waals surface area contributed by atoms with Gasteiger partial charge in [0.15, 0.2) is 0 Å². The Kier molecular flexibility index (Phi) is 4.69. The Morgan fingerprint density at radius 2 is 2.13 bits per heavy atom. The van der Waals surface area contributed by atoms with E-state index in [1.54, 1.807) is 12.5 Å². The first-order valence-electron chi connectivity index (χ1n) is 10.9. The fraction of sp³-hybridized carbons (Fsp3) is 0.591. The van der Waals surface area contributed by atoms with Crippen molar-refractivity contribution in [2.75, 3.05) is 19.6 Å². The van der Waals surface area contributed by atoms with Crippen LogP contribution in [0.5, 0.6) is 0 Å². The molecule has 0 bridgehead atoms. The molecule has 1 fully saturated rings. The highest BCUT2D eigenvalue weighted by atomic mass is 16.3. The number of likely N-dealkylation sites (tertiary alicyclic amines) is 1. The highest BCUT2D eigenvalue weighted by molar-refractivity contribution is 5.75. The predicted octanol–water partition coefficient (Wildman–Crippen LogP) is 1.86. The van der Waals surface area contributed by atoms with Crippen LogP contribution in [-0.2, 0) is 31.5 Å². The van der Waals surface area contributed by atoms with E-state index in [1.165, 1.54) is 0 Å². The molecule has 1 N–H and O–H groups in total. The maximum Gasteiger partial charge on any atom is 0.317 e. The number of furan rings is 1. The molecule has 2 aromatic rings. The first kappa shape index (κ1) is 19.4. The Morgan fingerprint density at radius 1 is 1.30 bits per heavy atom. The summed E-state index contributed by atoms with van der Waals surface area (Å²) in [6, 6.07) is 2.06. The van der Waals surface area contributed by atoms with Gasteiger partial charge >= 0.3 is 6.03 Å². The molecule has 1 spiro atoms. The predicted molar refractivity (Wildman–Crippen MR) is 111 cm³/mol. The highest BCUT2D eigenvalue weighted by Crippen LogP contribution is 2.41. The third-order valence-electron chi connectivity index (χ3n) is 6.72. The lowest BCUT2D eigenvalue weighted by molar-refractivity contribution is 0.202. The van der Waals surface area contributed by atoms with E-state index < -0.39 is 0 Å². The maximum absolute atomic E-state index is 13.3. The quantitative estimate of drug-likeness (QED) is 0.834. The molecule has 8 nitrogen and oxygen atoms in total. The molecule has 0 aromatic carbocycles. The van der Waals surface area contributed by atoms with Crippen molar-refractivity contribution in [1.82, 2.24) is 24.7 Å². The Balaban J connectivity index is 1.39. The molecule has 160 valence electrons. The molecule has 1 saturated heterocycles. The van der Waals surface area contributed by atoms with E-state index in [1.807, 2.05) is 29.4 Å². The van der Waals surface area contributed by atoms with Crippen LogP contribution in [0.1, 0.15) is 49.3 Å². The monoisotopic (exact) mass is 411 g/mol. The minimum atomic E-state index is -0.184. The van der Waals surface area contributed by atoms with E-state index >= 15 is 0 Å². The molecule has 5 rings (SSSR count). The van der Waals surface area contributed by atoms with Crippen molar-refractivity contribution in [2.24, 2.45) is 0 Å². The van der Waals surface area contributed by atoms with Crippen LogP contribution >= 0.6 is 0 Å². The number of carbonyl (C=O) groups excluding carboxylic acids is 1. The SMILES string of the molecule is CC(C)NC(=O)N1CC[C@@]2(CCn3c2nc2c(c3=O)CN(Cc3ccoc3)CC2)C1. The summed E-state index contributed by atoms with van der Waals surface area (Å²) >= 11 is 0. The van der Waals surface area contributed by atoms with Crippen molar-refractivity contribution >= 4 is 6.03 Å². The molecule has 0 unspecified atom stereocenters. The standard InChI is InChI=1S/C22H29N5O3/c1-15(2)23-21(29)26-8-5-22(14-26)6-9-27-19(28)17-12-25(11-16-4-10-30-13-16)7-3-18(17)24-20(22)27/h4,10,13,15H,3,5-9,11-12,14H2,1-2H3,(H,23,29)/t22-/m1/s1. The van der Waals surface area contributed by atoms with Crippen molar-refractivity contribution in [3.63, 3.8) is 0 Å². The van der Waals surface area contributed by atoms with Crippen LogP contribution in [0.15, 0.2) is 27.8 Å². The van der Waals surface area contributed by atoms with Crippen LogP contribution in [0.4, 0.5) is 4.79 Å². The normalized spacial score (nSPS) is 23.2. The molecule has 30 heavy (non-hydrogen) atoms. The van der Waals surface area contributed by atoms with Crippen molar-refractivity contribution in [1.29, 1.82) is 0 Å². The molecule has 2 aromatic heterocycles. The number of hydrogen-bond donors (Lipinski definition) is 1. The molecular weight excluding hydrogens is 382 g/mol. The van der Waals surface area contributed by atoms with E-state index in [-0.39, 0.29) is 23.0 Å². The molecular formula is C22H29N5O3. The number of nitrogens with one attached hydrogen (secondary N) is 1. The largest absolute Gasteiger partial charge is 0.472 e. The number of hydrogen-bond acceptors (Lipinski definition) is 5. The van der Waals surface area contributed by atoms with Crippen molar-refractivity contribution in [3.8, 4) is 0 Å². The lowest BCUT2D eigenvalue weighted by Gasteiger charge is -2.29. The Labute approximate surface area is 175 Å². The van der Waals surface area contributed by atoms with Gasteiger partial charge < -0.3 is 14.6 Å². The summed E-state index contributed by atoms with van der Waals surface area (Å²) in [7, 11) is 0. The molecule has 3 aliphatic rings. The van der Waals surface area contributed by atoms with Gasteiger partial charge in [-0.3, -0.25) is 14.3 Å². The van der Waals surface area contributed by atoms with Gasteiger partial charge in [0.1, 0.15) is 5.82 Å². The molecule has 8 heteroatoms. The Morgan fingerprint density at radius 3 is 2.90 bits per heavy atom. The lowest BCUT2D eigenvalue weighted by Crippen LogP contribution is -2.43. The maximum atomic E-state index is 13.3. The second-order valence-electron chi connectivity index (χ2n) is 9.22. The van der Waals surface area contributed by atoms with Gasteiger partial charge in [-0.2, -0.15) is 0 Å². The summed E-state index contributed by atoms with van der Waals surface area (Å²) in [4.78, 5) is 35.0. The number of urea groups is 1. The van der Waals surface area contributed by atoms with Crippen LogP contribution in [0.2, 0.25) is 0 Å². The van der Waals surface area contributed by atoms with Crippen LogP contribution in [0.3, 0.4) is 0 Å². The van der Waals surface area contributed by atoms with Gasteiger partial charge in [-0.15, -0.1) is 0 Å². The minimum absolute atomic E-state index is 0.0180. The Bertz CT molecular complexity index is 1010. The number of amides is 2. The van der Waals surface area contributed by atoms with Gasteiger partial charge in [-0.05, 0) is 32.8 Å². The van der Waals surface area contributed by atoms with E-state index in [0.29, 0.717) is 26.2 Å². The fourth-order valence-electron chi connectivity index (χ4n) is 5.17. The van der Waals surface area contributed by atoms with Gasteiger partial charge in [0.05, 0.1) is 23.8 Å². The number of carbonyl (C=O) groups is 1. The zero-order valence-corrected chi connectivity index (χ0v) is 17.7. The second kappa shape index (κ2) is 7.27. The summed E-state index contributed by atoms with van der Waals surface area (Å²) in [6.07, 6.45) is 5.97. The van der Waals surface area contributed by atoms with Crippen LogP contribution in [-0.4, -0.2) is 51.1 Å². The summed E-state index contributed by atoms with van der Waals surface area (Å²) in [5.74, 6) is 0.898. The summed E-state index contributed by atoms with van der Waals surface area (Å²) < 4.78 is 7.05. The first-order valence-corrected chi connectivity index (χ1v) is 10.9. The third kappa shape index (κ3) is 3.23. The number of rotatable bonds is 3. The molecule has 1 atom stereocenters. The summed E-state index contributed by atoms with van der Waals surface area (Å²) in [6.45, 7) is 8.27. The number of aromatic nitrogens is 2. The average molecular weight is 412 g/mol. The Hall–Kier alpha value is -2.61. The molecule has 0 radical (unpaired) electrons. The van der Waals surface area contributed by atoms with E-state index in [2.05, 4.69) is 10.2 Å². The van der Waals surface area contributed by atoms with E-state index in [4.69, 9.17) is 9.40 Å². The van der Waals surface area contributed by atoms with Gasteiger partial charge in [0.25, 0.3) is 5.56 Å². The van der Waals surface area contributed by atoms with Crippen molar-refractivity contribution < 1.29 is 9.21 Å². The molecule has 0 aliphatic carbocycles. The summed E-state index contributed by atoms with van der Waals surface area (Å²) in [5, 5.41) is 2.99. The smallest absolute Gasteiger partial charge is 0.317 e. The van der Waals surface area contributed by atoms with E-state index in [0.717, 1.165) is 55.0 Å². The molecule has 3 aliphatic heterocycles. The molecule has 0 saturated carbocycles. The highest BCUT2D eigenvalue weighted by Gasteiger charge is 2.48. The zero-order chi connectivity index (χ0) is 20.9. The van der Waals surface area contributed by atoms with Crippen LogP contribution in [0, 0.1) is 0 Å². The van der Waals surface area contributed by atoms with Crippen molar-refractivity contribution in [3.05, 3.63) is 51.6 Å². The lowest BCUT2D eigenvalue weighted by atomic mass is 9.85. The molecule has 5 heterocycles. The average Bonchev–Trinajstić information content (AvgIpc) is 3.44. The van der Waals surface area contributed by atoms with Gasteiger partial charge in [0, 0.05) is 62.7 Å². The first-order chi connectivity index (χ1) is 14.4. The number of fused-ring (bicyclic) bond motifs is 3. The van der Waals surface area contributed by atoms with Gasteiger partial charge in [-0.1, -0.05) is 0 Å². The van der Waals surface area contributed by atoms with Crippen LogP contribution in [0.25, 0.3) is 0 Å². The fourth-order valence-corrected chi connectivity index (χ4v) is 5.17. The second-order valence-corrected chi connectivity index (χ2v) is 9.22. The number of nitrogens with zero attached hydrogens (tertiary/aromatic N) is 4. The van der Waals surface area contributed by atoms with Crippen LogP contribution < -0.4 is 10.9 Å². The van der Waals surface area contributed by atoms with Gasteiger partial charge in [0.2, 0.25) is 0 Å². The topological polar surface area (TPSA) is 83.6 Å². The minimum Gasteiger partial charge on any atom is -0.472 e. The zero-order valence-electron chi connectivity index (χ0n) is 17.7. The van der Waals surface area contributed by atoms with Crippen molar-refractivity contribution in [2.45, 2.75) is 64.2 Å².